The summed E-state index contributed by atoms with van der Waals surface area (Å²) in [6, 6.07) is 8.08. The molecule has 0 fully saturated rings. The highest BCUT2D eigenvalue weighted by Gasteiger charge is 2.13. The maximum absolute atomic E-state index is 12.6. The lowest BCUT2D eigenvalue weighted by Crippen LogP contribution is -2.34. The Bertz CT molecular complexity index is 564. The van der Waals surface area contributed by atoms with Crippen LogP contribution >= 0.6 is 0 Å². The first kappa shape index (κ1) is 27.4. The van der Waals surface area contributed by atoms with Crippen molar-refractivity contribution in [2.75, 3.05) is 40.0 Å². The van der Waals surface area contributed by atoms with Crippen molar-refractivity contribution in [1.29, 1.82) is 0 Å². The van der Waals surface area contributed by atoms with Crippen molar-refractivity contribution in [1.82, 2.24) is 4.90 Å². The highest BCUT2D eigenvalue weighted by atomic mass is 16.5. The van der Waals surface area contributed by atoms with E-state index in [-0.39, 0.29) is 12.5 Å². The molecule has 0 radical (unpaired) electrons. The van der Waals surface area contributed by atoms with Crippen LogP contribution in [0.25, 0.3) is 0 Å². The van der Waals surface area contributed by atoms with Crippen molar-refractivity contribution in [3.8, 4) is 5.75 Å². The Kier molecular flexibility index (Phi) is 16.9. The molecular weight excluding hydrogens is 390 g/mol. The molecule has 0 saturated heterocycles. The van der Waals surface area contributed by atoms with E-state index in [1.807, 2.05) is 24.3 Å². The van der Waals surface area contributed by atoms with E-state index in [1.165, 1.54) is 44.9 Å². The van der Waals surface area contributed by atoms with Crippen LogP contribution in [-0.2, 0) is 16.0 Å². The minimum Gasteiger partial charge on any atom is -0.494 e. The molecule has 178 valence electrons. The van der Waals surface area contributed by atoms with Gasteiger partial charge in [-0.3, -0.25) is 4.79 Å². The van der Waals surface area contributed by atoms with E-state index in [0.717, 1.165) is 37.2 Å². The fourth-order valence-corrected chi connectivity index (χ4v) is 3.66. The fraction of sp³-hybridized carbons (Fsp3) is 0.731. The average molecular weight is 436 g/mol. The number of aliphatic hydroxyl groups excluding tert-OH is 1. The fourth-order valence-electron chi connectivity index (χ4n) is 3.66. The topological polar surface area (TPSA) is 59.0 Å². The number of rotatable bonds is 20. The third-order valence-electron chi connectivity index (χ3n) is 5.54. The summed E-state index contributed by atoms with van der Waals surface area (Å²) in [6.07, 6.45) is 13.3. The molecule has 0 atom stereocenters. The molecule has 0 heterocycles. The van der Waals surface area contributed by atoms with Gasteiger partial charge in [0.15, 0.2) is 0 Å². The van der Waals surface area contributed by atoms with Gasteiger partial charge >= 0.3 is 0 Å². The van der Waals surface area contributed by atoms with Crippen LogP contribution in [0.4, 0.5) is 0 Å². The van der Waals surface area contributed by atoms with Crippen molar-refractivity contribution < 1.29 is 19.4 Å². The summed E-state index contributed by atoms with van der Waals surface area (Å²) in [4.78, 5) is 14.3. The van der Waals surface area contributed by atoms with Crippen LogP contribution in [-0.4, -0.2) is 55.9 Å². The first-order chi connectivity index (χ1) is 15.2. The third-order valence-corrected chi connectivity index (χ3v) is 5.54. The van der Waals surface area contributed by atoms with Gasteiger partial charge in [-0.2, -0.15) is 0 Å². The van der Waals surface area contributed by atoms with Gasteiger partial charge in [0, 0.05) is 33.2 Å². The summed E-state index contributed by atoms with van der Waals surface area (Å²) in [5.74, 6) is 0.983. The van der Waals surface area contributed by atoms with E-state index in [4.69, 9.17) is 9.47 Å². The highest BCUT2D eigenvalue weighted by Crippen LogP contribution is 2.16. The minimum absolute atomic E-state index is 0.00190. The van der Waals surface area contributed by atoms with Crippen LogP contribution in [0.1, 0.15) is 83.1 Å². The van der Waals surface area contributed by atoms with E-state index >= 15 is 0 Å². The van der Waals surface area contributed by atoms with Crippen LogP contribution in [0, 0.1) is 0 Å². The van der Waals surface area contributed by atoms with E-state index in [1.54, 1.807) is 12.0 Å². The second kappa shape index (κ2) is 19.1. The zero-order valence-corrected chi connectivity index (χ0v) is 19.9. The quantitative estimate of drug-likeness (QED) is 0.279. The molecule has 0 aromatic heterocycles. The number of aryl methyl sites for hydroxylation is 1. The van der Waals surface area contributed by atoms with E-state index < -0.39 is 0 Å². The van der Waals surface area contributed by atoms with Gasteiger partial charge in [-0.1, -0.05) is 64.0 Å². The summed E-state index contributed by atoms with van der Waals surface area (Å²) >= 11 is 0. The molecule has 0 spiro atoms. The summed E-state index contributed by atoms with van der Waals surface area (Å²) < 4.78 is 11.0. The van der Waals surface area contributed by atoms with Gasteiger partial charge in [0.1, 0.15) is 5.75 Å². The summed E-state index contributed by atoms with van der Waals surface area (Å²) in [5, 5.41) is 9.26. The molecule has 5 heteroatoms. The first-order valence-corrected chi connectivity index (χ1v) is 12.3. The number of unbranched alkanes of at least 4 members (excludes halogenated alkanes) is 8. The van der Waals surface area contributed by atoms with Gasteiger partial charge in [0.25, 0.3) is 0 Å². The maximum Gasteiger partial charge on any atom is 0.222 e. The Morgan fingerprint density at radius 3 is 2.35 bits per heavy atom. The zero-order valence-electron chi connectivity index (χ0n) is 19.9. The van der Waals surface area contributed by atoms with Crippen LogP contribution in [0.3, 0.4) is 0 Å². The van der Waals surface area contributed by atoms with Crippen molar-refractivity contribution in [2.45, 2.75) is 84.0 Å². The van der Waals surface area contributed by atoms with E-state index in [9.17, 15) is 9.90 Å². The van der Waals surface area contributed by atoms with Gasteiger partial charge in [-0.25, -0.2) is 0 Å². The monoisotopic (exact) mass is 435 g/mol. The molecule has 1 N–H and O–H groups in total. The Morgan fingerprint density at radius 2 is 1.65 bits per heavy atom. The number of hydrogen-bond donors (Lipinski definition) is 1. The van der Waals surface area contributed by atoms with Crippen LogP contribution in [0.2, 0.25) is 0 Å². The molecule has 1 aromatic carbocycles. The molecule has 1 amide bonds. The van der Waals surface area contributed by atoms with Crippen LogP contribution in [0.15, 0.2) is 24.3 Å². The Morgan fingerprint density at radius 1 is 0.935 bits per heavy atom. The molecule has 0 saturated carbocycles. The van der Waals surface area contributed by atoms with Gasteiger partial charge in [-0.15, -0.1) is 0 Å². The standard InChI is InChI=1S/C26H45NO4/c1-3-4-5-6-7-8-9-11-22-31-25-15-13-14-24(23-25)16-17-26(29)27(19-20-28)18-10-12-21-30-2/h13-15,23,28H,3-12,16-22H2,1-2H3. The Hall–Kier alpha value is -1.59. The van der Waals surface area contributed by atoms with Crippen molar-refractivity contribution >= 4 is 5.91 Å². The molecule has 0 unspecified atom stereocenters. The smallest absolute Gasteiger partial charge is 0.222 e. The zero-order chi connectivity index (χ0) is 22.6. The molecule has 0 aliphatic carbocycles. The summed E-state index contributed by atoms with van der Waals surface area (Å²) in [5.41, 5.74) is 1.12. The predicted octanol–water partition coefficient (Wildman–Crippen LogP) is 5.39. The number of benzene rings is 1. The van der Waals surface area contributed by atoms with Gasteiger partial charge < -0.3 is 19.5 Å². The molecule has 0 aliphatic heterocycles. The molecule has 0 bridgehead atoms. The van der Waals surface area contributed by atoms with Crippen molar-refractivity contribution in [3.63, 3.8) is 0 Å². The molecule has 5 nitrogen and oxygen atoms in total. The lowest BCUT2D eigenvalue weighted by molar-refractivity contribution is -0.131. The first-order valence-electron chi connectivity index (χ1n) is 12.3. The minimum atomic E-state index is -0.00190. The second-order valence-corrected chi connectivity index (χ2v) is 8.28. The number of ether oxygens (including phenoxy) is 2. The number of aliphatic hydroxyl groups is 1. The lowest BCUT2D eigenvalue weighted by Gasteiger charge is -2.22. The number of nitrogens with zero attached hydrogens (tertiary/aromatic N) is 1. The lowest BCUT2D eigenvalue weighted by atomic mass is 10.1. The third kappa shape index (κ3) is 14.2. The molecular formula is C26H45NO4. The van der Waals surface area contributed by atoms with Crippen molar-refractivity contribution in [2.24, 2.45) is 0 Å². The summed E-state index contributed by atoms with van der Waals surface area (Å²) in [6.45, 7) is 4.77. The Labute approximate surface area is 190 Å². The van der Waals surface area contributed by atoms with Gasteiger partial charge in [0.05, 0.1) is 13.2 Å². The number of hydrogen-bond acceptors (Lipinski definition) is 4. The maximum atomic E-state index is 12.6. The largest absolute Gasteiger partial charge is 0.494 e. The second-order valence-electron chi connectivity index (χ2n) is 8.28. The molecule has 31 heavy (non-hydrogen) atoms. The Balaban J connectivity index is 2.28. The SMILES string of the molecule is CCCCCCCCCCOc1cccc(CCC(=O)N(CCO)CCCCOC)c1. The highest BCUT2D eigenvalue weighted by molar-refractivity contribution is 5.76. The van der Waals surface area contributed by atoms with Crippen molar-refractivity contribution in [3.05, 3.63) is 29.8 Å². The number of methoxy groups -OCH3 is 1. The van der Waals surface area contributed by atoms with Crippen LogP contribution in [0.5, 0.6) is 5.75 Å². The number of carbonyl (C=O) groups excluding carboxylic acids is 1. The number of carbonyl (C=O) groups is 1. The normalized spacial score (nSPS) is 10.9. The molecule has 1 aromatic rings. The number of amides is 1. The summed E-state index contributed by atoms with van der Waals surface area (Å²) in [7, 11) is 1.68. The predicted molar refractivity (Wildman–Crippen MR) is 128 cm³/mol. The van der Waals surface area contributed by atoms with Crippen LogP contribution < -0.4 is 4.74 Å². The van der Waals surface area contributed by atoms with Gasteiger partial charge in [0.2, 0.25) is 5.91 Å². The molecule has 0 aliphatic rings. The van der Waals surface area contributed by atoms with E-state index in [2.05, 4.69) is 6.92 Å². The van der Waals surface area contributed by atoms with E-state index in [0.29, 0.717) is 32.5 Å². The van der Waals surface area contributed by atoms with Gasteiger partial charge in [-0.05, 0) is 43.4 Å². The molecule has 1 rings (SSSR count). The average Bonchev–Trinajstić information content (AvgIpc) is 2.78.